The molecule has 0 radical (unpaired) electrons. The van der Waals surface area contributed by atoms with Crippen molar-refractivity contribution in [1.29, 1.82) is 0 Å². The number of benzene rings is 2. The van der Waals surface area contributed by atoms with E-state index in [-0.39, 0.29) is 23.6 Å². The number of hydrogen-bond acceptors (Lipinski definition) is 10. The highest BCUT2D eigenvalue weighted by molar-refractivity contribution is 8.01. The van der Waals surface area contributed by atoms with Gasteiger partial charge in [-0.05, 0) is 93.5 Å². The first-order valence-electron chi connectivity index (χ1n) is 15.9. The van der Waals surface area contributed by atoms with Crippen molar-refractivity contribution < 1.29 is 29.2 Å². The molecule has 0 unspecified atom stereocenters. The number of para-hydroxylation sites is 2. The number of fused-ring (bicyclic) bond motifs is 2. The number of nitrogens with one attached hydrogen (secondary N) is 4. The molecule has 2 aliphatic rings. The van der Waals surface area contributed by atoms with Crippen LogP contribution in [-0.4, -0.2) is 105 Å². The number of nitrogens with zero attached hydrogens (tertiary/aromatic N) is 2. The third kappa shape index (κ3) is 9.57. The topological polar surface area (TPSA) is 163 Å². The molecule has 2 aromatic rings. The summed E-state index contributed by atoms with van der Waals surface area (Å²) in [4.78, 5) is 55.4. The number of rotatable bonds is 8. The zero-order valence-corrected chi connectivity index (χ0v) is 31.0. The van der Waals surface area contributed by atoms with E-state index in [2.05, 4.69) is 21.3 Å². The summed E-state index contributed by atoms with van der Waals surface area (Å²) in [5.74, 6) is -1.06. The molecule has 6 N–H and O–H groups in total. The number of anilines is 2. The first-order valence-corrected chi connectivity index (χ1v) is 17.5. The molecular weight excluding hydrogens is 650 g/mol. The number of likely N-dealkylation sites (N-methyl/N-ethyl adjacent to an activating group) is 2. The predicted octanol–water partition coefficient (Wildman–Crippen LogP) is 2.85. The molecule has 0 spiro atoms. The summed E-state index contributed by atoms with van der Waals surface area (Å²) in [6.45, 7) is 14.3. The summed E-state index contributed by atoms with van der Waals surface area (Å²) in [7, 11) is 1.83. The average molecular weight is 699 g/mol. The smallest absolute Gasteiger partial charge is 0.376 e. The SMILES string of the molecule is CB(O)N(C)[C@@H](C)C(=O)N[C@@H]1C(=O)Nc2ccccc2SC1(C)C.CB(O)N(C)[C@@H](C)C(=O)N[C@H]1C(=O)Nc2ccccc2SC1(C)C. The van der Waals surface area contributed by atoms with Gasteiger partial charge in [-0.1, -0.05) is 24.3 Å². The van der Waals surface area contributed by atoms with Gasteiger partial charge in [0.2, 0.25) is 23.6 Å². The summed E-state index contributed by atoms with van der Waals surface area (Å²) in [5.41, 5.74) is 1.51. The molecule has 16 heteroatoms. The van der Waals surface area contributed by atoms with Crippen molar-refractivity contribution in [3.8, 4) is 0 Å². The second-order valence-corrected chi connectivity index (χ2v) is 16.6. The van der Waals surface area contributed by atoms with E-state index < -0.39 is 47.8 Å². The number of amides is 4. The maximum Gasteiger partial charge on any atom is 0.376 e. The molecule has 48 heavy (non-hydrogen) atoms. The van der Waals surface area contributed by atoms with Gasteiger partial charge in [0, 0.05) is 19.3 Å². The van der Waals surface area contributed by atoms with Gasteiger partial charge in [0.1, 0.15) is 12.1 Å². The highest BCUT2D eigenvalue weighted by Gasteiger charge is 2.43. The Kier molecular flexibility index (Phi) is 13.3. The molecule has 2 aromatic carbocycles. The van der Waals surface area contributed by atoms with Crippen molar-refractivity contribution in [3.63, 3.8) is 0 Å². The summed E-state index contributed by atoms with van der Waals surface area (Å²) >= 11 is 3.11. The molecule has 0 aromatic heterocycles. The predicted molar refractivity (Wildman–Crippen MR) is 196 cm³/mol. The van der Waals surface area contributed by atoms with E-state index in [1.807, 2.05) is 76.2 Å². The highest BCUT2D eigenvalue weighted by Crippen LogP contribution is 2.43. The van der Waals surface area contributed by atoms with Crippen LogP contribution in [0.1, 0.15) is 41.5 Å². The van der Waals surface area contributed by atoms with Gasteiger partial charge >= 0.3 is 14.1 Å². The van der Waals surface area contributed by atoms with Crippen LogP contribution in [0.2, 0.25) is 13.6 Å². The summed E-state index contributed by atoms with van der Waals surface area (Å²) < 4.78 is -1.04. The van der Waals surface area contributed by atoms with Crippen LogP contribution in [0.3, 0.4) is 0 Å². The van der Waals surface area contributed by atoms with Gasteiger partial charge in [0.25, 0.3) is 0 Å². The zero-order chi connectivity index (χ0) is 36.1. The minimum Gasteiger partial charge on any atom is -0.437 e. The van der Waals surface area contributed by atoms with E-state index >= 15 is 0 Å². The molecule has 0 aliphatic carbocycles. The lowest BCUT2D eigenvalue weighted by Crippen LogP contribution is -2.58. The van der Waals surface area contributed by atoms with E-state index in [0.717, 1.165) is 21.2 Å². The Bertz CT molecular complexity index is 1390. The minimum absolute atomic E-state index is 0.238. The van der Waals surface area contributed by atoms with Gasteiger partial charge in [-0.15, -0.1) is 23.5 Å². The third-order valence-corrected chi connectivity index (χ3v) is 11.4. The molecular formula is C32H48B2N6O6S2. The number of hydrogen-bond donors (Lipinski definition) is 6. The molecule has 4 rings (SSSR count). The standard InChI is InChI=1S/2C16H24BN3O3S/c2*1-10(20(5)17(4)23)14(21)19-13-15(22)18-11-8-6-7-9-12(11)24-16(13,2)3/h2*6-10,13,23H,1-5H3,(H,18,22)(H,19,21)/t10-,13+;10-,13-/m00/s1. The van der Waals surface area contributed by atoms with E-state index in [1.165, 1.54) is 0 Å². The molecule has 0 saturated heterocycles. The molecule has 0 fully saturated rings. The maximum absolute atomic E-state index is 12.7. The van der Waals surface area contributed by atoms with Crippen LogP contribution in [-0.2, 0) is 19.2 Å². The van der Waals surface area contributed by atoms with Crippen LogP contribution < -0.4 is 21.3 Å². The van der Waals surface area contributed by atoms with Crippen LogP contribution in [0.15, 0.2) is 58.3 Å². The molecule has 0 bridgehead atoms. The Morgan fingerprint density at radius 1 is 0.729 bits per heavy atom. The van der Waals surface area contributed by atoms with Gasteiger partial charge in [-0.25, -0.2) is 0 Å². The van der Waals surface area contributed by atoms with Gasteiger partial charge in [-0.3, -0.25) is 19.2 Å². The van der Waals surface area contributed by atoms with Crippen LogP contribution >= 0.6 is 23.5 Å². The Labute approximate surface area is 293 Å². The summed E-state index contributed by atoms with van der Waals surface area (Å²) in [6.07, 6.45) is 0. The van der Waals surface area contributed by atoms with Gasteiger partial charge in [0.05, 0.1) is 23.5 Å². The second-order valence-electron chi connectivity index (χ2n) is 13.2. The van der Waals surface area contributed by atoms with Crippen LogP contribution in [0.4, 0.5) is 11.4 Å². The van der Waals surface area contributed by atoms with E-state index in [0.29, 0.717) is 0 Å². The van der Waals surface area contributed by atoms with Crippen molar-refractivity contribution in [2.75, 3.05) is 24.7 Å². The van der Waals surface area contributed by atoms with Crippen molar-refractivity contribution in [1.82, 2.24) is 20.3 Å². The van der Waals surface area contributed by atoms with E-state index in [4.69, 9.17) is 0 Å². The minimum atomic E-state index is -0.750. The quantitative estimate of drug-likeness (QED) is 0.226. The van der Waals surface area contributed by atoms with Crippen molar-refractivity contribution in [3.05, 3.63) is 48.5 Å². The van der Waals surface area contributed by atoms with E-state index in [9.17, 15) is 29.2 Å². The fourth-order valence-corrected chi connectivity index (χ4v) is 7.52. The fourth-order valence-electron chi connectivity index (χ4n) is 5.07. The largest absolute Gasteiger partial charge is 0.437 e. The Hall–Kier alpha value is -3.01. The molecule has 260 valence electrons. The van der Waals surface area contributed by atoms with Crippen LogP contribution in [0, 0.1) is 0 Å². The van der Waals surface area contributed by atoms with Crippen LogP contribution in [0.5, 0.6) is 0 Å². The molecule has 2 aliphatic heterocycles. The van der Waals surface area contributed by atoms with Crippen molar-refractivity contribution in [2.45, 2.75) is 98.6 Å². The Morgan fingerprint density at radius 2 is 1.04 bits per heavy atom. The molecule has 12 nitrogen and oxygen atoms in total. The maximum atomic E-state index is 12.7. The fraction of sp³-hybridized carbons (Fsp3) is 0.500. The zero-order valence-electron chi connectivity index (χ0n) is 29.3. The van der Waals surface area contributed by atoms with Crippen molar-refractivity contribution in [2.24, 2.45) is 0 Å². The molecule has 4 atom stereocenters. The monoisotopic (exact) mass is 698 g/mol. The third-order valence-electron chi connectivity index (χ3n) is 8.68. The first-order chi connectivity index (χ1) is 22.3. The number of thioether (sulfide) groups is 2. The first kappa shape index (κ1) is 39.4. The van der Waals surface area contributed by atoms with Gasteiger partial charge < -0.3 is 40.9 Å². The normalized spacial score (nSPS) is 20.6. The summed E-state index contributed by atoms with van der Waals surface area (Å²) in [6, 6.07) is 12.7. The summed E-state index contributed by atoms with van der Waals surface area (Å²) in [5, 5.41) is 30.7. The molecule has 2 heterocycles. The lowest BCUT2D eigenvalue weighted by molar-refractivity contribution is -0.129. The highest BCUT2D eigenvalue weighted by atomic mass is 32.2. The number of carbonyl (C=O) groups is 4. The molecule has 4 amide bonds. The number of carbonyl (C=O) groups excluding carboxylic acids is 4. The second kappa shape index (κ2) is 16.1. The van der Waals surface area contributed by atoms with E-state index in [1.54, 1.807) is 74.7 Å². The van der Waals surface area contributed by atoms with Gasteiger partial charge in [-0.2, -0.15) is 0 Å². The van der Waals surface area contributed by atoms with Crippen molar-refractivity contribution >= 4 is 72.6 Å². The lowest BCUT2D eigenvalue weighted by Gasteiger charge is -2.33. The lowest BCUT2D eigenvalue weighted by atomic mass is 9.84. The molecule has 0 saturated carbocycles. The Morgan fingerprint density at radius 3 is 1.35 bits per heavy atom. The van der Waals surface area contributed by atoms with Gasteiger partial charge in [0.15, 0.2) is 0 Å². The Balaban J connectivity index is 0.000000260. The van der Waals surface area contributed by atoms with Crippen LogP contribution in [0.25, 0.3) is 0 Å². The average Bonchev–Trinajstić information content (AvgIpc) is 3.17.